The second-order valence-electron chi connectivity index (χ2n) is 9.44. The second-order valence-corrected chi connectivity index (χ2v) is 9.44. The molecule has 1 N–H and O–H groups in total. The molecule has 0 spiro atoms. The van der Waals surface area contributed by atoms with Crippen LogP contribution in [0.15, 0.2) is 11.6 Å². The van der Waals surface area contributed by atoms with E-state index in [2.05, 4.69) is 6.92 Å². The highest BCUT2D eigenvalue weighted by Gasteiger charge is 2.69. The van der Waals surface area contributed by atoms with E-state index in [4.69, 9.17) is 9.84 Å². The number of esters is 1. The number of aliphatic hydroxyl groups excluding tert-OH is 1. The third kappa shape index (κ3) is 2.50. The van der Waals surface area contributed by atoms with E-state index >= 15 is 0 Å². The average Bonchev–Trinajstić information content (AvgIpc) is 2.88. The zero-order valence-electron chi connectivity index (χ0n) is 16.4. The van der Waals surface area contributed by atoms with Gasteiger partial charge in [-0.05, 0) is 62.9 Å². The van der Waals surface area contributed by atoms with Gasteiger partial charge in [-0.1, -0.05) is 12.5 Å². The molecule has 0 bridgehead atoms. The number of ether oxygens (including phenoxy) is 1. The zero-order valence-corrected chi connectivity index (χ0v) is 16.4. The molecule has 0 amide bonds. The monoisotopic (exact) mass is 374 g/mol. The Labute approximate surface area is 160 Å². The van der Waals surface area contributed by atoms with Gasteiger partial charge in [-0.2, -0.15) is 0 Å². The topological polar surface area (TPSA) is 80.7 Å². The molecule has 5 heteroatoms. The van der Waals surface area contributed by atoms with Crippen LogP contribution in [0, 0.1) is 22.7 Å². The molecule has 0 unspecified atom stereocenters. The van der Waals surface area contributed by atoms with Crippen molar-refractivity contribution >= 4 is 17.5 Å². The number of ketones is 2. The van der Waals surface area contributed by atoms with Crippen LogP contribution in [0.3, 0.4) is 0 Å². The van der Waals surface area contributed by atoms with E-state index in [1.165, 1.54) is 5.57 Å². The van der Waals surface area contributed by atoms with Gasteiger partial charge in [-0.3, -0.25) is 14.4 Å². The van der Waals surface area contributed by atoms with Gasteiger partial charge in [0.15, 0.2) is 5.78 Å². The van der Waals surface area contributed by atoms with Crippen LogP contribution in [-0.4, -0.2) is 34.9 Å². The van der Waals surface area contributed by atoms with Crippen molar-refractivity contribution in [2.75, 3.05) is 6.61 Å². The van der Waals surface area contributed by atoms with E-state index in [1.54, 1.807) is 0 Å². The van der Waals surface area contributed by atoms with E-state index in [1.807, 2.05) is 13.0 Å². The van der Waals surface area contributed by atoms with Crippen molar-refractivity contribution in [2.45, 2.75) is 77.2 Å². The molecule has 148 valence electrons. The molecule has 3 saturated carbocycles. The van der Waals surface area contributed by atoms with Crippen LogP contribution < -0.4 is 0 Å². The number of rotatable bonds is 3. The molecule has 0 heterocycles. The molecule has 0 saturated heterocycles. The van der Waals surface area contributed by atoms with Gasteiger partial charge in [0.1, 0.15) is 11.4 Å². The predicted octanol–water partition coefficient (Wildman–Crippen LogP) is 3.14. The Hall–Kier alpha value is -1.49. The minimum absolute atomic E-state index is 0.0275. The summed E-state index contributed by atoms with van der Waals surface area (Å²) in [6, 6.07) is 0. The Morgan fingerprint density at radius 3 is 2.63 bits per heavy atom. The molecule has 0 aromatic carbocycles. The summed E-state index contributed by atoms with van der Waals surface area (Å²) in [6.45, 7) is 4.02. The van der Waals surface area contributed by atoms with Crippen LogP contribution in [0.2, 0.25) is 0 Å². The van der Waals surface area contributed by atoms with Gasteiger partial charge in [0.25, 0.3) is 0 Å². The van der Waals surface area contributed by atoms with Gasteiger partial charge in [-0.15, -0.1) is 0 Å². The second kappa shape index (κ2) is 6.26. The Bertz CT molecular complexity index is 724. The predicted molar refractivity (Wildman–Crippen MR) is 98.8 cm³/mol. The molecule has 0 radical (unpaired) electrons. The van der Waals surface area contributed by atoms with Crippen LogP contribution >= 0.6 is 0 Å². The summed E-state index contributed by atoms with van der Waals surface area (Å²) in [5.41, 5.74) is -0.165. The van der Waals surface area contributed by atoms with E-state index in [0.29, 0.717) is 25.2 Å². The van der Waals surface area contributed by atoms with Gasteiger partial charge >= 0.3 is 5.97 Å². The highest BCUT2D eigenvalue weighted by Crippen LogP contribution is 2.67. The number of hydrogen-bond acceptors (Lipinski definition) is 5. The van der Waals surface area contributed by atoms with E-state index < -0.39 is 17.0 Å². The third-order valence-electron chi connectivity index (χ3n) is 8.43. The summed E-state index contributed by atoms with van der Waals surface area (Å²) in [4.78, 5) is 37.2. The number of hydrogen-bond donors (Lipinski definition) is 1. The number of carbonyl (C=O) groups excluding carboxylic acids is 3. The zero-order chi connectivity index (χ0) is 19.4. The first-order valence-corrected chi connectivity index (χ1v) is 10.4. The van der Waals surface area contributed by atoms with Crippen LogP contribution in [0.1, 0.15) is 71.6 Å². The van der Waals surface area contributed by atoms with E-state index in [0.717, 1.165) is 32.1 Å². The maximum Gasteiger partial charge on any atom is 0.308 e. The highest BCUT2D eigenvalue weighted by atomic mass is 16.6. The van der Waals surface area contributed by atoms with Crippen molar-refractivity contribution in [1.29, 1.82) is 0 Å². The molecule has 0 aliphatic heterocycles. The molecule has 4 aliphatic carbocycles. The molecule has 4 rings (SSSR count). The van der Waals surface area contributed by atoms with Crippen LogP contribution in [-0.2, 0) is 19.1 Å². The fourth-order valence-corrected chi connectivity index (χ4v) is 6.85. The number of allylic oxidation sites excluding steroid dienone is 1. The van der Waals surface area contributed by atoms with Gasteiger partial charge in [0, 0.05) is 18.8 Å². The van der Waals surface area contributed by atoms with E-state index in [-0.39, 0.29) is 35.9 Å². The number of aliphatic hydroxyl groups is 1. The van der Waals surface area contributed by atoms with Gasteiger partial charge < -0.3 is 9.84 Å². The van der Waals surface area contributed by atoms with E-state index in [9.17, 15) is 14.4 Å². The normalized spacial score (nSPS) is 43.4. The first kappa shape index (κ1) is 18.9. The van der Waals surface area contributed by atoms with Crippen molar-refractivity contribution in [3.63, 3.8) is 0 Å². The molecule has 27 heavy (non-hydrogen) atoms. The number of Topliss-reactive ketones (excluding diaryl/α,β-unsaturated/α-hetero) is 1. The van der Waals surface area contributed by atoms with Crippen molar-refractivity contribution < 1.29 is 24.2 Å². The lowest BCUT2D eigenvalue weighted by molar-refractivity contribution is -0.210. The summed E-state index contributed by atoms with van der Waals surface area (Å²) in [7, 11) is 0. The maximum absolute atomic E-state index is 12.9. The van der Waals surface area contributed by atoms with Gasteiger partial charge in [0.05, 0.1) is 18.4 Å². The highest BCUT2D eigenvalue weighted by molar-refractivity contribution is 5.92. The largest absolute Gasteiger partial charge is 0.458 e. The molecule has 0 aromatic heterocycles. The van der Waals surface area contributed by atoms with Crippen molar-refractivity contribution in [2.24, 2.45) is 22.7 Å². The summed E-state index contributed by atoms with van der Waals surface area (Å²) in [5, 5.41) is 9.17. The summed E-state index contributed by atoms with van der Waals surface area (Å²) < 4.78 is 6.13. The lowest BCUT2D eigenvalue weighted by Crippen LogP contribution is -2.62. The molecule has 3 fully saturated rings. The molecule has 5 atom stereocenters. The number of carbonyl (C=O) groups is 3. The first-order chi connectivity index (χ1) is 12.8. The van der Waals surface area contributed by atoms with Crippen molar-refractivity contribution in [1.82, 2.24) is 0 Å². The minimum atomic E-state index is -0.755. The lowest BCUT2D eigenvalue weighted by atomic mass is 9.46. The Balaban J connectivity index is 1.75. The van der Waals surface area contributed by atoms with Crippen molar-refractivity contribution in [3.8, 4) is 0 Å². The quantitative estimate of drug-likeness (QED) is 0.768. The lowest BCUT2D eigenvalue weighted by Gasteiger charge is -2.61. The Morgan fingerprint density at radius 1 is 1.11 bits per heavy atom. The molecular weight excluding hydrogens is 344 g/mol. The molecule has 4 aliphatic rings. The van der Waals surface area contributed by atoms with Crippen LogP contribution in [0.5, 0.6) is 0 Å². The van der Waals surface area contributed by atoms with Crippen molar-refractivity contribution in [3.05, 3.63) is 11.6 Å². The fraction of sp³-hybridized carbons (Fsp3) is 0.773. The molecule has 0 aromatic rings. The minimum Gasteiger partial charge on any atom is -0.458 e. The first-order valence-electron chi connectivity index (χ1n) is 10.4. The third-order valence-corrected chi connectivity index (χ3v) is 8.43. The number of fused-ring (bicyclic) bond motifs is 5. The smallest absolute Gasteiger partial charge is 0.308 e. The summed E-state index contributed by atoms with van der Waals surface area (Å²) in [5.74, 6) is 0.501. The summed E-state index contributed by atoms with van der Waals surface area (Å²) in [6.07, 6.45) is 7.68. The van der Waals surface area contributed by atoms with Gasteiger partial charge in [-0.25, -0.2) is 0 Å². The van der Waals surface area contributed by atoms with Crippen LogP contribution in [0.4, 0.5) is 0 Å². The Kier molecular flexibility index (Phi) is 4.37. The Morgan fingerprint density at radius 2 is 1.89 bits per heavy atom. The SMILES string of the molecule is C[C@]12CCC(=O)C=C1CC[C@@H]1[C@H]2CC[C@]2(C)C(=O)CC[C@@]12OC(=O)CCO. The molecular formula is C22H30O5. The summed E-state index contributed by atoms with van der Waals surface area (Å²) >= 11 is 0. The molecule has 5 nitrogen and oxygen atoms in total. The fourth-order valence-electron chi connectivity index (χ4n) is 6.85. The van der Waals surface area contributed by atoms with Gasteiger partial charge in [0.2, 0.25) is 0 Å². The average molecular weight is 374 g/mol. The maximum atomic E-state index is 12.9. The standard InChI is InChI=1S/C22H30O5/c1-20-9-5-15(24)13-14(20)3-4-17-16(20)6-10-21(2)18(25)7-11-22(17,21)27-19(26)8-12-23/h13,16-17,23H,3-12H2,1-2H3/t16-,17-,20+,21-,22-/m1/s1. The van der Waals surface area contributed by atoms with Crippen LogP contribution in [0.25, 0.3) is 0 Å².